The van der Waals surface area contributed by atoms with Crippen LogP contribution in [0.15, 0.2) is 59.1 Å². The molecule has 4 aromatic rings. The molecule has 0 aliphatic rings. The summed E-state index contributed by atoms with van der Waals surface area (Å²) in [7, 11) is 0. The van der Waals surface area contributed by atoms with Gasteiger partial charge in [-0.15, -0.1) is 0 Å². The van der Waals surface area contributed by atoms with Crippen molar-refractivity contribution < 1.29 is 4.42 Å². The number of nitrogens with one attached hydrogen (secondary N) is 1. The Hall–Kier alpha value is -2.55. The van der Waals surface area contributed by atoms with E-state index in [2.05, 4.69) is 22.3 Å². The van der Waals surface area contributed by atoms with Crippen molar-refractivity contribution >= 4 is 21.9 Å². The number of furan rings is 1. The number of benzene rings is 2. The Bertz CT molecular complexity index is 828. The van der Waals surface area contributed by atoms with Crippen molar-refractivity contribution in [3.8, 4) is 11.3 Å². The first-order chi connectivity index (χ1) is 8.93. The molecule has 3 heteroatoms. The summed E-state index contributed by atoms with van der Waals surface area (Å²) in [5, 5.41) is 9.30. The number of hydrogen-bond donors (Lipinski definition) is 1. The average molecular weight is 234 g/mol. The zero-order chi connectivity index (χ0) is 11.9. The number of fused-ring (bicyclic) bond motifs is 3. The predicted molar refractivity (Wildman–Crippen MR) is 71.3 cm³/mol. The Balaban J connectivity index is 2.21. The van der Waals surface area contributed by atoms with Crippen LogP contribution in [0.1, 0.15) is 0 Å². The molecule has 2 aromatic heterocycles. The minimum atomic E-state index is 0.906. The maximum atomic E-state index is 5.86. The Labute approximate surface area is 103 Å². The van der Waals surface area contributed by atoms with Crippen LogP contribution in [0.25, 0.3) is 33.2 Å². The van der Waals surface area contributed by atoms with E-state index < -0.39 is 0 Å². The molecule has 18 heavy (non-hydrogen) atoms. The van der Waals surface area contributed by atoms with Crippen molar-refractivity contribution in [2.45, 2.75) is 0 Å². The van der Waals surface area contributed by atoms with E-state index in [1.54, 1.807) is 6.20 Å². The van der Waals surface area contributed by atoms with Gasteiger partial charge in [-0.1, -0.05) is 30.3 Å². The lowest BCUT2D eigenvalue weighted by atomic mass is 10.0. The van der Waals surface area contributed by atoms with Crippen molar-refractivity contribution in [2.24, 2.45) is 0 Å². The third-order valence-corrected chi connectivity index (χ3v) is 3.19. The van der Waals surface area contributed by atoms with Gasteiger partial charge in [0.25, 0.3) is 0 Å². The van der Waals surface area contributed by atoms with Gasteiger partial charge in [0.2, 0.25) is 0 Å². The van der Waals surface area contributed by atoms with E-state index in [0.29, 0.717) is 0 Å². The molecular formula is C15H10N2O. The van der Waals surface area contributed by atoms with Crippen LogP contribution in [0, 0.1) is 0 Å². The summed E-state index contributed by atoms with van der Waals surface area (Å²) in [5.74, 6) is 0. The van der Waals surface area contributed by atoms with Gasteiger partial charge in [0, 0.05) is 22.5 Å². The average Bonchev–Trinajstić information content (AvgIpc) is 3.05. The number of aromatic amines is 1. The van der Waals surface area contributed by atoms with Crippen LogP contribution in [-0.2, 0) is 0 Å². The highest BCUT2D eigenvalue weighted by Crippen LogP contribution is 2.35. The zero-order valence-electron chi connectivity index (χ0n) is 9.55. The lowest BCUT2D eigenvalue weighted by molar-refractivity contribution is 0.669. The summed E-state index contributed by atoms with van der Waals surface area (Å²) in [4.78, 5) is 0. The van der Waals surface area contributed by atoms with Crippen LogP contribution >= 0.6 is 0 Å². The molecule has 3 nitrogen and oxygen atoms in total. The zero-order valence-corrected chi connectivity index (χ0v) is 9.55. The van der Waals surface area contributed by atoms with E-state index in [0.717, 1.165) is 33.2 Å². The molecule has 86 valence electrons. The van der Waals surface area contributed by atoms with Gasteiger partial charge in [-0.2, -0.15) is 5.10 Å². The number of hydrogen-bond acceptors (Lipinski definition) is 2. The van der Waals surface area contributed by atoms with E-state index in [1.165, 1.54) is 0 Å². The molecule has 4 rings (SSSR count). The van der Waals surface area contributed by atoms with Crippen LogP contribution in [-0.4, -0.2) is 10.2 Å². The van der Waals surface area contributed by atoms with Crippen LogP contribution in [0.5, 0.6) is 0 Å². The largest absolute Gasteiger partial charge is 0.456 e. The first-order valence-corrected chi connectivity index (χ1v) is 5.83. The molecule has 0 radical (unpaired) electrons. The Morgan fingerprint density at radius 1 is 0.889 bits per heavy atom. The molecule has 1 N–H and O–H groups in total. The summed E-state index contributed by atoms with van der Waals surface area (Å²) < 4.78 is 5.86. The standard InChI is InChI=1S/C15H10N2O/c1-2-6-13-11(4-1)15-10(12-8-9-16-17-12)5-3-7-14(15)18-13/h1-9H,(H,16,17). The second-order valence-electron chi connectivity index (χ2n) is 4.25. The van der Waals surface area contributed by atoms with Gasteiger partial charge < -0.3 is 4.42 Å². The predicted octanol–water partition coefficient (Wildman–Crippen LogP) is 3.98. The van der Waals surface area contributed by atoms with Gasteiger partial charge in [0.1, 0.15) is 11.2 Å². The number of H-pyrrole nitrogens is 1. The van der Waals surface area contributed by atoms with Crippen molar-refractivity contribution in [2.75, 3.05) is 0 Å². The first-order valence-electron chi connectivity index (χ1n) is 5.83. The lowest BCUT2D eigenvalue weighted by Gasteiger charge is -1.99. The molecule has 0 aliphatic heterocycles. The van der Waals surface area contributed by atoms with Gasteiger partial charge in [0.15, 0.2) is 0 Å². The Morgan fingerprint density at radius 3 is 2.67 bits per heavy atom. The van der Waals surface area contributed by atoms with Crippen LogP contribution in [0.3, 0.4) is 0 Å². The maximum absolute atomic E-state index is 5.86. The summed E-state index contributed by atoms with van der Waals surface area (Å²) in [6, 6.07) is 16.1. The van der Waals surface area contributed by atoms with Gasteiger partial charge in [-0.05, 0) is 18.2 Å². The molecule has 0 amide bonds. The Kier molecular flexibility index (Phi) is 1.83. The van der Waals surface area contributed by atoms with Crippen LogP contribution < -0.4 is 0 Å². The van der Waals surface area contributed by atoms with E-state index in [1.807, 2.05) is 36.4 Å². The van der Waals surface area contributed by atoms with Gasteiger partial charge in [-0.25, -0.2) is 0 Å². The minimum Gasteiger partial charge on any atom is -0.456 e. The number of rotatable bonds is 1. The topological polar surface area (TPSA) is 41.8 Å². The third-order valence-electron chi connectivity index (χ3n) is 3.19. The van der Waals surface area contributed by atoms with Gasteiger partial charge >= 0.3 is 0 Å². The SMILES string of the molecule is c1ccc2c(c1)oc1cccc(-c3ccn[nH]3)c12. The maximum Gasteiger partial charge on any atom is 0.136 e. The fraction of sp³-hybridized carbons (Fsp3) is 0. The first kappa shape index (κ1) is 9.48. The molecule has 0 spiro atoms. The van der Waals surface area contributed by atoms with Crippen molar-refractivity contribution in [1.29, 1.82) is 0 Å². The summed E-state index contributed by atoms with van der Waals surface area (Å²) >= 11 is 0. The van der Waals surface area contributed by atoms with Gasteiger partial charge in [-0.3, -0.25) is 5.10 Å². The quantitative estimate of drug-likeness (QED) is 0.541. The lowest BCUT2D eigenvalue weighted by Crippen LogP contribution is -1.79. The molecule has 0 saturated carbocycles. The second-order valence-corrected chi connectivity index (χ2v) is 4.25. The molecule has 0 aliphatic carbocycles. The van der Waals surface area contributed by atoms with Crippen molar-refractivity contribution in [3.05, 3.63) is 54.7 Å². The monoisotopic (exact) mass is 234 g/mol. The smallest absolute Gasteiger partial charge is 0.136 e. The van der Waals surface area contributed by atoms with Crippen molar-refractivity contribution in [1.82, 2.24) is 10.2 Å². The van der Waals surface area contributed by atoms with E-state index in [-0.39, 0.29) is 0 Å². The van der Waals surface area contributed by atoms with Crippen LogP contribution in [0.4, 0.5) is 0 Å². The van der Waals surface area contributed by atoms with E-state index in [9.17, 15) is 0 Å². The Morgan fingerprint density at radius 2 is 1.78 bits per heavy atom. The summed E-state index contributed by atoms with van der Waals surface area (Å²) in [6.07, 6.45) is 1.76. The van der Waals surface area contributed by atoms with E-state index in [4.69, 9.17) is 4.42 Å². The minimum absolute atomic E-state index is 0.906. The highest BCUT2D eigenvalue weighted by molar-refractivity contribution is 6.11. The fourth-order valence-electron chi connectivity index (χ4n) is 2.40. The summed E-state index contributed by atoms with van der Waals surface area (Å²) in [5.41, 5.74) is 3.95. The second kappa shape index (κ2) is 3.47. The van der Waals surface area contributed by atoms with Crippen molar-refractivity contribution in [3.63, 3.8) is 0 Å². The molecule has 2 heterocycles. The van der Waals surface area contributed by atoms with Gasteiger partial charge in [0.05, 0.1) is 5.69 Å². The summed E-state index contributed by atoms with van der Waals surface area (Å²) in [6.45, 7) is 0. The molecule has 0 fully saturated rings. The molecule has 0 saturated heterocycles. The number of para-hydroxylation sites is 1. The normalized spacial score (nSPS) is 11.3. The molecule has 0 atom stereocenters. The number of aromatic nitrogens is 2. The third kappa shape index (κ3) is 1.21. The number of nitrogens with zero attached hydrogens (tertiary/aromatic N) is 1. The highest BCUT2D eigenvalue weighted by Gasteiger charge is 2.11. The molecule has 0 bridgehead atoms. The molecule has 0 unspecified atom stereocenters. The fourth-order valence-corrected chi connectivity index (χ4v) is 2.40. The molecule has 2 aromatic carbocycles. The highest BCUT2D eigenvalue weighted by atomic mass is 16.3. The van der Waals surface area contributed by atoms with Crippen LogP contribution in [0.2, 0.25) is 0 Å². The van der Waals surface area contributed by atoms with E-state index >= 15 is 0 Å². The molecular weight excluding hydrogens is 224 g/mol.